The van der Waals surface area contributed by atoms with E-state index in [1.54, 1.807) is 6.20 Å². The number of halogens is 1. The Morgan fingerprint density at radius 1 is 1.20 bits per heavy atom. The van der Waals surface area contributed by atoms with E-state index < -0.39 is 0 Å². The van der Waals surface area contributed by atoms with Crippen LogP contribution in [0.3, 0.4) is 0 Å². The summed E-state index contributed by atoms with van der Waals surface area (Å²) in [6.07, 6.45) is 1.80. The van der Waals surface area contributed by atoms with Crippen molar-refractivity contribution in [2.75, 3.05) is 11.4 Å². The van der Waals surface area contributed by atoms with Crippen molar-refractivity contribution in [1.29, 1.82) is 0 Å². The first kappa shape index (κ1) is 13.1. The van der Waals surface area contributed by atoms with Crippen molar-refractivity contribution in [3.8, 4) is 0 Å². The fraction of sp³-hybridized carbons (Fsp3) is 0.200. The number of aliphatic imine (C=N–C) groups is 1. The second kappa shape index (κ2) is 4.90. The Morgan fingerprint density at radius 3 is 2.60 bits per heavy atom. The van der Waals surface area contributed by atoms with Crippen LogP contribution in [0.15, 0.2) is 58.1 Å². The SMILES string of the molecule is CC1(c2ccccn2)CN=C(N)N1c1ccc(Br)cc1. The molecule has 0 amide bonds. The number of anilines is 1. The van der Waals surface area contributed by atoms with Gasteiger partial charge >= 0.3 is 0 Å². The summed E-state index contributed by atoms with van der Waals surface area (Å²) in [6, 6.07) is 14.0. The summed E-state index contributed by atoms with van der Waals surface area (Å²) in [4.78, 5) is 10.9. The van der Waals surface area contributed by atoms with Gasteiger partial charge in [-0.2, -0.15) is 0 Å². The van der Waals surface area contributed by atoms with Gasteiger partial charge in [0.2, 0.25) is 0 Å². The van der Waals surface area contributed by atoms with Crippen LogP contribution in [-0.4, -0.2) is 17.5 Å². The third-order valence-electron chi connectivity index (χ3n) is 3.57. The summed E-state index contributed by atoms with van der Waals surface area (Å²) in [6.45, 7) is 2.71. The van der Waals surface area contributed by atoms with Gasteiger partial charge in [0.15, 0.2) is 5.96 Å². The molecule has 0 bridgehead atoms. The van der Waals surface area contributed by atoms with Gasteiger partial charge in [-0.25, -0.2) is 0 Å². The van der Waals surface area contributed by atoms with Crippen LogP contribution in [0.5, 0.6) is 0 Å². The van der Waals surface area contributed by atoms with Gasteiger partial charge in [0.05, 0.1) is 12.2 Å². The normalized spacial score (nSPS) is 21.9. The molecule has 0 radical (unpaired) electrons. The lowest BCUT2D eigenvalue weighted by Gasteiger charge is -2.35. The molecule has 2 N–H and O–H groups in total. The molecular weight excluding hydrogens is 316 g/mol. The number of hydrogen-bond donors (Lipinski definition) is 1. The highest BCUT2D eigenvalue weighted by Gasteiger charge is 2.41. The van der Waals surface area contributed by atoms with Crippen molar-refractivity contribution in [3.05, 3.63) is 58.8 Å². The van der Waals surface area contributed by atoms with Gasteiger partial charge in [-0.15, -0.1) is 0 Å². The number of nitrogens with zero attached hydrogens (tertiary/aromatic N) is 3. The topological polar surface area (TPSA) is 54.5 Å². The molecule has 1 aliphatic rings. The van der Waals surface area contributed by atoms with Gasteiger partial charge in [-0.05, 0) is 43.3 Å². The Labute approximate surface area is 126 Å². The van der Waals surface area contributed by atoms with Crippen molar-refractivity contribution in [1.82, 2.24) is 4.98 Å². The molecule has 20 heavy (non-hydrogen) atoms. The quantitative estimate of drug-likeness (QED) is 0.921. The molecule has 0 fully saturated rings. The first-order chi connectivity index (χ1) is 9.61. The molecule has 102 valence electrons. The van der Waals surface area contributed by atoms with Crippen LogP contribution in [0.1, 0.15) is 12.6 Å². The summed E-state index contributed by atoms with van der Waals surface area (Å²) >= 11 is 3.45. The fourth-order valence-corrected chi connectivity index (χ4v) is 2.78. The van der Waals surface area contributed by atoms with E-state index in [1.807, 2.05) is 47.4 Å². The molecule has 0 saturated heterocycles. The standard InChI is InChI=1S/C15H15BrN4/c1-15(13-4-2-3-9-18-13)10-19-14(17)20(15)12-7-5-11(16)6-8-12/h2-9H,10H2,1H3,(H2,17,19). The second-order valence-corrected chi connectivity index (χ2v) is 5.89. The van der Waals surface area contributed by atoms with Crippen molar-refractivity contribution >= 4 is 27.6 Å². The van der Waals surface area contributed by atoms with Crippen molar-refractivity contribution < 1.29 is 0 Å². The predicted molar refractivity (Wildman–Crippen MR) is 84.7 cm³/mol. The van der Waals surface area contributed by atoms with Crippen LogP contribution in [0.4, 0.5) is 5.69 Å². The zero-order valence-corrected chi connectivity index (χ0v) is 12.7. The number of nitrogens with two attached hydrogens (primary N) is 1. The Bertz CT molecular complexity index is 639. The number of benzene rings is 1. The fourth-order valence-electron chi connectivity index (χ4n) is 2.51. The third kappa shape index (κ3) is 2.08. The summed E-state index contributed by atoms with van der Waals surface area (Å²) in [7, 11) is 0. The molecule has 2 aromatic rings. The van der Waals surface area contributed by atoms with E-state index in [0.717, 1.165) is 15.9 Å². The highest BCUT2D eigenvalue weighted by Crippen LogP contribution is 2.36. The molecule has 4 nitrogen and oxygen atoms in total. The predicted octanol–water partition coefficient (Wildman–Crippen LogP) is 2.89. The Morgan fingerprint density at radius 2 is 1.95 bits per heavy atom. The Kier molecular flexibility index (Phi) is 3.22. The van der Waals surface area contributed by atoms with Crippen LogP contribution >= 0.6 is 15.9 Å². The van der Waals surface area contributed by atoms with Gasteiger partial charge in [0.25, 0.3) is 0 Å². The van der Waals surface area contributed by atoms with E-state index in [4.69, 9.17) is 5.73 Å². The smallest absolute Gasteiger partial charge is 0.196 e. The van der Waals surface area contributed by atoms with Crippen molar-refractivity contribution in [2.24, 2.45) is 10.7 Å². The maximum atomic E-state index is 6.10. The van der Waals surface area contributed by atoms with Crippen LogP contribution in [-0.2, 0) is 5.54 Å². The van der Waals surface area contributed by atoms with Crippen LogP contribution in [0.2, 0.25) is 0 Å². The lowest BCUT2D eigenvalue weighted by atomic mass is 9.95. The summed E-state index contributed by atoms with van der Waals surface area (Å²) in [5, 5.41) is 0. The van der Waals surface area contributed by atoms with Crippen LogP contribution in [0, 0.1) is 0 Å². The summed E-state index contributed by atoms with van der Waals surface area (Å²) in [5.41, 5.74) is 7.73. The molecule has 3 rings (SSSR count). The lowest BCUT2D eigenvalue weighted by molar-refractivity contribution is 0.516. The zero-order chi connectivity index (χ0) is 14.2. The molecule has 1 unspecified atom stereocenters. The maximum absolute atomic E-state index is 6.10. The van der Waals surface area contributed by atoms with Crippen LogP contribution < -0.4 is 10.6 Å². The van der Waals surface area contributed by atoms with E-state index in [-0.39, 0.29) is 5.54 Å². The van der Waals surface area contributed by atoms with Crippen LogP contribution in [0.25, 0.3) is 0 Å². The molecular formula is C15H15BrN4. The molecule has 0 spiro atoms. The molecule has 2 heterocycles. The third-order valence-corrected chi connectivity index (χ3v) is 4.10. The Hall–Kier alpha value is -1.88. The molecule has 5 heteroatoms. The molecule has 1 aromatic carbocycles. The van der Waals surface area contributed by atoms with Gasteiger partial charge in [0.1, 0.15) is 5.54 Å². The molecule has 1 atom stereocenters. The second-order valence-electron chi connectivity index (χ2n) is 4.98. The van der Waals surface area contributed by atoms with E-state index >= 15 is 0 Å². The van der Waals surface area contributed by atoms with Crippen molar-refractivity contribution in [3.63, 3.8) is 0 Å². The molecule has 1 aliphatic heterocycles. The zero-order valence-electron chi connectivity index (χ0n) is 11.1. The first-order valence-corrected chi connectivity index (χ1v) is 7.18. The number of aromatic nitrogens is 1. The average molecular weight is 331 g/mol. The Balaban J connectivity index is 2.06. The van der Waals surface area contributed by atoms with Gasteiger partial charge in [-0.1, -0.05) is 22.0 Å². The monoisotopic (exact) mass is 330 g/mol. The highest BCUT2D eigenvalue weighted by atomic mass is 79.9. The minimum Gasteiger partial charge on any atom is -0.369 e. The maximum Gasteiger partial charge on any atom is 0.196 e. The van der Waals surface area contributed by atoms with E-state index in [9.17, 15) is 0 Å². The number of rotatable bonds is 2. The summed E-state index contributed by atoms with van der Waals surface area (Å²) in [5.74, 6) is 0.528. The molecule has 1 aromatic heterocycles. The largest absolute Gasteiger partial charge is 0.369 e. The van der Waals surface area contributed by atoms with Crippen molar-refractivity contribution in [2.45, 2.75) is 12.5 Å². The van der Waals surface area contributed by atoms with Gasteiger partial charge < -0.3 is 5.73 Å². The van der Waals surface area contributed by atoms with E-state index in [2.05, 4.69) is 32.8 Å². The molecule has 0 saturated carbocycles. The lowest BCUT2D eigenvalue weighted by Crippen LogP contribution is -2.48. The summed E-state index contributed by atoms with van der Waals surface area (Å²) < 4.78 is 1.04. The number of hydrogen-bond acceptors (Lipinski definition) is 4. The van der Waals surface area contributed by atoms with E-state index in [1.165, 1.54) is 0 Å². The van der Waals surface area contributed by atoms with E-state index in [0.29, 0.717) is 12.5 Å². The minimum atomic E-state index is -0.348. The number of pyridine rings is 1. The number of guanidine groups is 1. The highest BCUT2D eigenvalue weighted by molar-refractivity contribution is 9.10. The van der Waals surface area contributed by atoms with Gasteiger partial charge in [-0.3, -0.25) is 14.9 Å². The van der Waals surface area contributed by atoms with Gasteiger partial charge in [0, 0.05) is 16.4 Å². The first-order valence-electron chi connectivity index (χ1n) is 6.38. The molecule has 0 aliphatic carbocycles. The average Bonchev–Trinajstić information content (AvgIpc) is 2.78. The minimum absolute atomic E-state index is 0.348.